The molecule has 1 N–H and O–H groups in total. The summed E-state index contributed by atoms with van der Waals surface area (Å²) in [6.45, 7) is 7.50. The highest BCUT2D eigenvalue weighted by Crippen LogP contribution is 2.34. The minimum Gasteiger partial charge on any atom is -0.484 e. The molecule has 1 heterocycles. The molecule has 0 bridgehead atoms. The molecule has 0 fully saturated rings. The lowest BCUT2D eigenvalue weighted by Crippen LogP contribution is -2.21. The summed E-state index contributed by atoms with van der Waals surface area (Å²) in [7, 11) is 1.25. The highest BCUT2D eigenvalue weighted by Gasteiger charge is 2.27. The maximum Gasteiger partial charge on any atom is 0.348 e. The van der Waals surface area contributed by atoms with Gasteiger partial charge in [0, 0.05) is 0 Å². The second kappa shape index (κ2) is 10.8. The molecule has 1 amide bonds. The lowest BCUT2D eigenvalue weighted by molar-refractivity contribution is -0.118. The van der Waals surface area contributed by atoms with Gasteiger partial charge in [-0.2, -0.15) is 0 Å². The van der Waals surface area contributed by atoms with Gasteiger partial charge in [0.1, 0.15) is 15.6 Å². The van der Waals surface area contributed by atoms with E-state index in [1.165, 1.54) is 12.7 Å². The minimum absolute atomic E-state index is 0.147. The van der Waals surface area contributed by atoms with Crippen LogP contribution in [-0.4, -0.2) is 38.2 Å². The maximum atomic E-state index is 12.4. The van der Waals surface area contributed by atoms with E-state index in [2.05, 4.69) is 19.2 Å². The predicted molar refractivity (Wildman–Crippen MR) is 116 cm³/mol. The molecule has 0 spiro atoms. The van der Waals surface area contributed by atoms with Gasteiger partial charge < -0.3 is 19.5 Å². The molecule has 0 aliphatic carbocycles. The topological polar surface area (TPSA) is 90.9 Å². The Bertz CT molecular complexity index is 903. The van der Waals surface area contributed by atoms with Crippen LogP contribution in [0.3, 0.4) is 0 Å². The number of hydrogen-bond acceptors (Lipinski definition) is 7. The molecule has 30 heavy (non-hydrogen) atoms. The highest BCUT2D eigenvalue weighted by atomic mass is 32.1. The van der Waals surface area contributed by atoms with Crippen molar-refractivity contribution in [1.29, 1.82) is 0 Å². The molecule has 2 aromatic rings. The van der Waals surface area contributed by atoms with Gasteiger partial charge in [-0.3, -0.25) is 4.79 Å². The second-order valence-electron chi connectivity index (χ2n) is 6.69. The summed E-state index contributed by atoms with van der Waals surface area (Å²) in [5.41, 5.74) is 1.76. The summed E-state index contributed by atoms with van der Waals surface area (Å²) in [6, 6.07) is 7.60. The molecular weight excluding hydrogens is 406 g/mol. The normalized spacial score (nSPS) is 11.5. The number of methoxy groups -OCH3 is 1. The van der Waals surface area contributed by atoms with E-state index >= 15 is 0 Å². The summed E-state index contributed by atoms with van der Waals surface area (Å²) in [5, 5.41) is 2.87. The van der Waals surface area contributed by atoms with Gasteiger partial charge in [-0.05, 0) is 49.4 Å². The molecule has 0 aliphatic heterocycles. The van der Waals surface area contributed by atoms with E-state index in [4.69, 9.17) is 14.2 Å². The third kappa shape index (κ3) is 5.60. The first-order chi connectivity index (χ1) is 14.3. The molecular formula is C22H27NO6S. The van der Waals surface area contributed by atoms with Crippen LogP contribution >= 0.6 is 11.3 Å². The van der Waals surface area contributed by atoms with Crippen LogP contribution in [0.5, 0.6) is 5.75 Å². The van der Waals surface area contributed by atoms with E-state index in [1.807, 2.05) is 24.3 Å². The van der Waals surface area contributed by atoms with Crippen LogP contribution in [-0.2, 0) is 14.3 Å². The monoisotopic (exact) mass is 433 g/mol. The first-order valence-electron chi connectivity index (χ1n) is 9.73. The Morgan fingerprint density at radius 3 is 2.33 bits per heavy atom. The quantitative estimate of drug-likeness (QED) is 0.584. The lowest BCUT2D eigenvalue weighted by atomic mass is 9.99. The summed E-state index contributed by atoms with van der Waals surface area (Å²) >= 11 is 0.968. The zero-order valence-corrected chi connectivity index (χ0v) is 18.7. The number of esters is 2. The number of anilines is 1. The van der Waals surface area contributed by atoms with Crippen molar-refractivity contribution in [2.75, 3.05) is 25.6 Å². The van der Waals surface area contributed by atoms with E-state index in [1.54, 1.807) is 13.8 Å². The number of rotatable bonds is 9. The number of ether oxygens (including phenoxy) is 3. The van der Waals surface area contributed by atoms with E-state index < -0.39 is 17.8 Å². The van der Waals surface area contributed by atoms with Gasteiger partial charge in [0.15, 0.2) is 6.61 Å². The Labute approximate surface area is 180 Å². The van der Waals surface area contributed by atoms with Gasteiger partial charge >= 0.3 is 11.9 Å². The van der Waals surface area contributed by atoms with E-state index in [0.29, 0.717) is 17.2 Å². The highest BCUT2D eigenvalue weighted by molar-refractivity contribution is 7.18. The molecule has 1 aromatic heterocycles. The number of nitrogens with one attached hydrogen (secondary N) is 1. The van der Waals surface area contributed by atoms with Gasteiger partial charge in [0.25, 0.3) is 5.91 Å². The molecule has 7 nitrogen and oxygen atoms in total. The molecule has 0 aliphatic rings. The fourth-order valence-corrected chi connectivity index (χ4v) is 3.91. The number of carbonyl (C=O) groups is 3. The third-order valence-electron chi connectivity index (χ3n) is 4.68. The number of hydrogen-bond donors (Lipinski definition) is 1. The number of thiophene rings is 1. The van der Waals surface area contributed by atoms with E-state index in [9.17, 15) is 14.4 Å². The number of amides is 1. The van der Waals surface area contributed by atoms with E-state index in [-0.39, 0.29) is 28.7 Å². The maximum absolute atomic E-state index is 12.4. The van der Waals surface area contributed by atoms with Crippen molar-refractivity contribution in [3.8, 4) is 5.75 Å². The van der Waals surface area contributed by atoms with Gasteiger partial charge in [-0.15, -0.1) is 11.3 Å². The number of carbonyl (C=O) groups excluding carboxylic acids is 3. The fourth-order valence-electron chi connectivity index (χ4n) is 2.78. The Morgan fingerprint density at radius 2 is 1.77 bits per heavy atom. The predicted octanol–water partition coefficient (Wildman–Crippen LogP) is 4.55. The molecule has 8 heteroatoms. The third-order valence-corrected chi connectivity index (χ3v) is 5.87. The summed E-state index contributed by atoms with van der Waals surface area (Å²) in [4.78, 5) is 36.9. The zero-order valence-electron chi connectivity index (χ0n) is 17.9. The first kappa shape index (κ1) is 23.4. The molecule has 1 aromatic carbocycles. The van der Waals surface area contributed by atoms with Crippen LogP contribution in [0.4, 0.5) is 5.00 Å². The molecule has 162 valence electrons. The van der Waals surface area contributed by atoms with Crippen molar-refractivity contribution in [2.24, 2.45) is 0 Å². The van der Waals surface area contributed by atoms with Gasteiger partial charge in [-0.1, -0.05) is 26.0 Å². The molecule has 0 radical (unpaired) electrons. The molecule has 0 saturated heterocycles. The number of benzene rings is 1. The Balaban J connectivity index is 2.11. The summed E-state index contributed by atoms with van der Waals surface area (Å²) < 4.78 is 15.4. The minimum atomic E-state index is -0.613. The second-order valence-corrected chi connectivity index (χ2v) is 7.71. The van der Waals surface area contributed by atoms with Crippen LogP contribution < -0.4 is 10.1 Å². The van der Waals surface area contributed by atoms with Crippen LogP contribution in [0.1, 0.15) is 64.3 Å². The summed E-state index contributed by atoms with van der Waals surface area (Å²) in [5.74, 6) is -0.626. The smallest absolute Gasteiger partial charge is 0.348 e. The van der Waals surface area contributed by atoms with Crippen molar-refractivity contribution in [3.63, 3.8) is 0 Å². The Morgan fingerprint density at radius 1 is 1.10 bits per heavy atom. The molecule has 1 atom stereocenters. The van der Waals surface area contributed by atoms with Gasteiger partial charge in [-0.25, -0.2) is 9.59 Å². The average Bonchev–Trinajstić information content (AvgIpc) is 3.07. The molecule has 0 saturated carbocycles. The van der Waals surface area contributed by atoms with Crippen LogP contribution in [0, 0.1) is 6.92 Å². The lowest BCUT2D eigenvalue weighted by Gasteiger charge is -2.11. The van der Waals surface area contributed by atoms with Crippen molar-refractivity contribution >= 4 is 34.2 Å². The Hall–Kier alpha value is -2.87. The summed E-state index contributed by atoms with van der Waals surface area (Å²) in [6.07, 6.45) is 1.04. The molecule has 1 unspecified atom stereocenters. The van der Waals surface area contributed by atoms with Crippen LogP contribution in [0.2, 0.25) is 0 Å². The van der Waals surface area contributed by atoms with Crippen molar-refractivity contribution in [1.82, 2.24) is 0 Å². The SMILES string of the molecule is CCOC(=O)c1c(NC(=O)COc2ccc(C(C)CC)cc2)sc(C(=O)OC)c1C. The standard InChI is InChI=1S/C22H27NO6S/c1-6-13(3)15-8-10-16(11-9-15)29-12-17(24)23-20-18(21(25)28-7-2)14(4)19(30-20)22(26)27-5/h8-11,13H,6-7,12H2,1-5H3,(H,23,24). The van der Waals surface area contributed by atoms with Gasteiger partial charge in [0.2, 0.25) is 0 Å². The first-order valence-corrected chi connectivity index (χ1v) is 10.5. The molecule has 2 rings (SSSR count). The fraction of sp³-hybridized carbons (Fsp3) is 0.409. The average molecular weight is 434 g/mol. The zero-order chi connectivity index (χ0) is 22.3. The van der Waals surface area contributed by atoms with Crippen molar-refractivity contribution in [2.45, 2.75) is 40.0 Å². The van der Waals surface area contributed by atoms with Gasteiger partial charge in [0.05, 0.1) is 19.3 Å². The van der Waals surface area contributed by atoms with Crippen molar-refractivity contribution in [3.05, 3.63) is 45.8 Å². The largest absolute Gasteiger partial charge is 0.484 e. The van der Waals surface area contributed by atoms with Crippen molar-refractivity contribution < 1.29 is 28.6 Å². The van der Waals surface area contributed by atoms with Crippen LogP contribution in [0.25, 0.3) is 0 Å². The van der Waals surface area contributed by atoms with E-state index in [0.717, 1.165) is 17.8 Å². The Kier molecular flexibility index (Phi) is 8.41. The van der Waals surface area contributed by atoms with Crippen LogP contribution in [0.15, 0.2) is 24.3 Å².